The molecule has 2 heterocycles. The summed E-state index contributed by atoms with van der Waals surface area (Å²) in [6.07, 6.45) is 0. The first kappa shape index (κ1) is 13.3. The smallest absolute Gasteiger partial charge is 0.275 e. The van der Waals surface area contributed by atoms with Crippen molar-refractivity contribution in [2.45, 2.75) is 20.4 Å². The van der Waals surface area contributed by atoms with E-state index < -0.39 is 0 Å². The molecule has 2 aliphatic rings. The molecular weight excluding hydrogens is 278 g/mol. The fourth-order valence-corrected chi connectivity index (χ4v) is 3.87. The van der Waals surface area contributed by atoms with E-state index in [0.717, 1.165) is 4.88 Å². The van der Waals surface area contributed by atoms with Crippen LogP contribution in [0.4, 0.5) is 0 Å². The van der Waals surface area contributed by atoms with E-state index in [-0.39, 0.29) is 41.5 Å². The molecule has 2 fully saturated rings. The van der Waals surface area contributed by atoms with Crippen LogP contribution in [0, 0.1) is 17.3 Å². The molecule has 7 heteroatoms. The Bertz CT molecular complexity index is 598. The van der Waals surface area contributed by atoms with Gasteiger partial charge in [0, 0.05) is 4.88 Å². The number of hydrogen-bond acceptors (Lipinski definition) is 5. The average Bonchev–Trinajstić information content (AvgIpc) is 2.74. The second-order valence-electron chi connectivity index (χ2n) is 5.78. The summed E-state index contributed by atoms with van der Waals surface area (Å²) in [6, 6.07) is 3.38. The number of thiophene rings is 1. The Morgan fingerprint density at radius 3 is 2.50 bits per heavy atom. The molecule has 3 rings (SSSR count). The molecule has 106 valence electrons. The lowest BCUT2D eigenvalue weighted by atomic mass is 10.1. The highest BCUT2D eigenvalue weighted by molar-refractivity contribution is 7.14. The van der Waals surface area contributed by atoms with Crippen LogP contribution in [0.15, 0.2) is 12.1 Å². The fraction of sp³-hybridized carbons (Fsp3) is 0.462. The van der Waals surface area contributed by atoms with Crippen LogP contribution in [0.3, 0.4) is 0 Å². The minimum Gasteiger partial charge on any atom is -0.289 e. The van der Waals surface area contributed by atoms with Crippen molar-refractivity contribution in [3.05, 3.63) is 21.9 Å². The van der Waals surface area contributed by atoms with Crippen molar-refractivity contribution in [1.29, 1.82) is 0 Å². The molecule has 1 saturated heterocycles. The van der Waals surface area contributed by atoms with Crippen LogP contribution in [0.1, 0.15) is 28.4 Å². The Kier molecular flexibility index (Phi) is 2.74. The van der Waals surface area contributed by atoms with E-state index >= 15 is 0 Å². The van der Waals surface area contributed by atoms with E-state index in [2.05, 4.69) is 5.43 Å². The van der Waals surface area contributed by atoms with Crippen molar-refractivity contribution in [3.8, 4) is 0 Å². The quantitative estimate of drug-likeness (QED) is 0.367. The molecule has 6 nitrogen and oxygen atoms in total. The zero-order chi connectivity index (χ0) is 14.7. The predicted octanol–water partition coefficient (Wildman–Crippen LogP) is 0.493. The second-order valence-corrected chi connectivity index (χ2v) is 6.95. The van der Waals surface area contributed by atoms with E-state index in [4.69, 9.17) is 5.84 Å². The van der Waals surface area contributed by atoms with Gasteiger partial charge >= 0.3 is 0 Å². The van der Waals surface area contributed by atoms with Gasteiger partial charge in [-0.15, -0.1) is 11.3 Å². The number of amides is 3. The molecule has 1 aromatic rings. The molecule has 3 N–H and O–H groups in total. The average molecular weight is 293 g/mol. The SMILES string of the molecule is CC1(C)C2C(=O)N(Cc3ccc(C(=O)NN)s3)C(=O)C21. The van der Waals surface area contributed by atoms with Gasteiger partial charge in [0.05, 0.1) is 23.3 Å². The molecule has 3 amide bonds. The van der Waals surface area contributed by atoms with Gasteiger partial charge in [0.15, 0.2) is 0 Å². The maximum Gasteiger partial charge on any atom is 0.275 e. The van der Waals surface area contributed by atoms with Crippen molar-refractivity contribution in [3.63, 3.8) is 0 Å². The molecule has 1 aliphatic heterocycles. The summed E-state index contributed by atoms with van der Waals surface area (Å²) in [7, 11) is 0. The van der Waals surface area contributed by atoms with Gasteiger partial charge in [0.2, 0.25) is 11.8 Å². The highest BCUT2D eigenvalue weighted by Crippen LogP contribution is 2.63. The molecule has 0 aromatic carbocycles. The van der Waals surface area contributed by atoms with Gasteiger partial charge in [-0.05, 0) is 17.5 Å². The number of imide groups is 1. The Morgan fingerprint density at radius 2 is 1.95 bits per heavy atom. The van der Waals surface area contributed by atoms with Crippen LogP contribution < -0.4 is 11.3 Å². The zero-order valence-corrected chi connectivity index (χ0v) is 12.0. The van der Waals surface area contributed by atoms with Gasteiger partial charge in [0.1, 0.15) is 0 Å². The number of nitrogens with one attached hydrogen (secondary N) is 1. The number of hydrazine groups is 1. The van der Waals surface area contributed by atoms with E-state index in [1.165, 1.54) is 16.2 Å². The first-order valence-corrected chi connectivity index (χ1v) is 7.14. The molecule has 0 spiro atoms. The third-order valence-corrected chi connectivity index (χ3v) is 5.29. The molecule has 1 saturated carbocycles. The van der Waals surface area contributed by atoms with Crippen molar-refractivity contribution in [2.24, 2.45) is 23.1 Å². The van der Waals surface area contributed by atoms with E-state index in [9.17, 15) is 14.4 Å². The van der Waals surface area contributed by atoms with Gasteiger partial charge in [-0.3, -0.25) is 24.7 Å². The van der Waals surface area contributed by atoms with E-state index in [1.807, 2.05) is 13.8 Å². The maximum atomic E-state index is 12.2. The Balaban J connectivity index is 1.74. The molecule has 2 atom stereocenters. The summed E-state index contributed by atoms with van der Waals surface area (Å²) in [5, 5.41) is 0. The molecule has 2 unspecified atom stereocenters. The molecular formula is C13H15N3O3S. The number of carbonyl (C=O) groups excluding carboxylic acids is 3. The lowest BCUT2D eigenvalue weighted by Crippen LogP contribution is -2.35. The summed E-state index contributed by atoms with van der Waals surface area (Å²) in [5.74, 6) is 4.17. The van der Waals surface area contributed by atoms with Gasteiger partial charge in [-0.1, -0.05) is 13.8 Å². The number of likely N-dealkylation sites (tertiary alicyclic amines) is 1. The Morgan fingerprint density at radius 1 is 1.35 bits per heavy atom. The van der Waals surface area contributed by atoms with Gasteiger partial charge in [-0.25, -0.2) is 5.84 Å². The lowest BCUT2D eigenvalue weighted by molar-refractivity contribution is -0.143. The number of nitrogens with two attached hydrogens (primary N) is 1. The maximum absolute atomic E-state index is 12.2. The normalized spacial score (nSPS) is 26.6. The van der Waals surface area contributed by atoms with E-state index in [1.54, 1.807) is 12.1 Å². The number of nitrogens with zero attached hydrogens (tertiary/aromatic N) is 1. The number of nitrogen functional groups attached to an aromatic ring is 1. The van der Waals surface area contributed by atoms with Gasteiger partial charge in [-0.2, -0.15) is 0 Å². The summed E-state index contributed by atoms with van der Waals surface area (Å²) in [6.45, 7) is 4.14. The van der Waals surface area contributed by atoms with Crippen LogP contribution in [0.25, 0.3) is 0 Å². The molecule has 20 heavy (non-hydrogen) atoms. The molecule has 0 radical (unpaired) electrons. The molecule has 0 bridgehead atoms. The number of carbonyl (C=O) groups is 3. The third-order valence-electron chi connectivity index (χ3n) is 4.22. The van der Waals surface area contributed by atoms with E-state index in [0.29, 0.717) is 4.88 Å². The Labute approximate surface area is 119 Å². The molecule has 1 aliphatic carbocycles. The van der Waals surface area contributed by atoms with Gasteiger partial charge in [0.25, 0.3) is 5.91 Å². The topological polar surface area (TPSA) is 92.5 Å². The number of rotatable bonds is 3. The summed E-state index contributed by atoms with van der Waals surface area (Å²) in [5.41, 5.74) is 1.86. The summed E-state index contributed by atoms with van der Waals surface area (Å²) in [4.78, 5) is 38.3. The third kappa shape index (κ3) is 1.70. The molecule has 1 aromatic heterocycles. The van der Waals surface area contributed by atoms with Crippen LogP contribution in [0.2, 0.25) is 0 Å². The van der Waals surface area contributed by atoms with Crippen molar-refractivity contribution in [1.82, 2.24) is 10.3 Å². The van der Waals surface area contributed by atoms with Crippen molar-refractivity contribution in [2.75, 3.05) is 0 Å². The highest BCUT2D eigenvalue weighted by Gasteiger charge is 2.72. The van der Waals surface area contributed by atoms with Crippen LogP contribution >= 0.6 is 11.3 Å². The zero-order valence-electron chi connectivity index (χ0n) is 11.2. The van der Waals surface area contributed by atoms with Crippen molar-refractivity contribution < 1.29 is 14.4 Å². The minimum atomic E-state index is -0.371. The summed E-state index contributed by atoms with van der Waals surface area (Å²) < 4.78 is 0. The standard InChI is InChI=1S/C13H15N3O3S/c1-13(2)8-9(13)12(19)16(11(8)18)5-6-3-4-7(20-6)10(17)15-14/h3-4,8-9H,5,14H2,1-2H3,(H,15,17). The largest absolute Gasteiger partial charge is 0.289 e. The fourth-order valence-electron chi connectivity index (χ4n) is 2.97. The number of piperidine rings is 1. The lowest BCUT2D eigenvalue weighted by Gasteiger charge is -2.19. The minimum absolute atomic E-state index is 0.0942. The number of fused-ring (bicyclic) bond motifs is 1. The Hall–Kier alpha value is -1.73. The second kappa shape index (κ2) is 4.13. The first-order chi connectivity index (χ1) is 9.37. The first-order valence-electron chi connectivity index (χ1n) is 6.33. The van der Waals surface area contributed by atoms with Crippen LogP contribution in [-0.2, 0) is 16.1 Å². The number of hydrogen-bond donors (Lipinski definition) is 2. The predicted molar refractivity (Wildman–Crippen MR) is 72.3 cm³/mol. The summed E-state index contributed by atoms with van der Waals surface area (Å²) >= 11 is 1.23. The highest BCUT2D eigenvalue weighted by atomic mass is 32.1. The van der Waals surface area contributed by atoms with Crippen molar-refractivity contribution >= 4 is 29.1 Å². The van der Waals surface area contributed by atoms with Gasteiger partial charge < -0.3 is 0 Å². The van der Waals surface area contributed by atoms with Crippen LogP contribution in [0.5, 0.6) is 0 Å². The van der Waals surface area contributed by atoms with Crippen LogP contribution in [-0.4, -0.2) is 22.6 Å². The monoisotopic (exact) mass is 293 g/mol.